The van der Waals surface area contributed by atoms with Gasteiger partial charge in [0.1, 0.15) is 30.2 Å². The van der Waals surface area contributed by atoms with Crippen LogP contribution in [0.25, 0.3) is 11.0 Å². The van der Waals surface area contributed by atoms with Gasteiger partial charge in [-0.05, 0) is 37.1 Å². The number of rotatable bonds is 7. The van der Waals surface area contributed by atoms with Crippen LogP contribution in [0.15, 0.2) is 36.8 Å². The van der Waals surface area contributed by atoms with Crippen molar-refractivity contribution in [3.05, 3.63) is 52.4 Å². The molecule has 8 nitrogen and oxygen atoms in total. The number of anilines is 1. The maximum Gasteiger partial charge on any atom is 0.160 e. The van der Waals surface area contributed by atoms with Gasteiger partial charge in [-0.3, -0.25) is 0 Å². The van der Waals surface area contributed by atoms with Gasteiger partial charge in [0.2, 0.25) is 0 Å². The van der Waals surface area contributed by atoms with Crippen LogP contribution in [0.1, 0.15) is 31.1 Å². The number of aliphatic hydroxyl groups is 3. The molecule has 29 heavy (non-hydrogen) atoms. The Bertz CT molecular complexity index is 1040. The number of nitrogens with two attached hydrogens (primary N) is 1. The van der Waals surface area contributed by atoms with E-state index in [4.69, 9.17) is 28.9 Å². The number of nitrogen functional groups attached to an aromatic ring is 1. The first-order chi connectivity index (χ1) is 13.7. The Labute approximate surface area is 176 Å². The fraction of sp³-hybridized carbons (Fsp3) is 0.316. The molecule has 10 heteroatoms. The van der Waals surface area contributed by atoms with Gasteiger partial charge in [-0.1, -0.05) is 29.3 Å². The van der Waals surface area contributed by atoms with Crippen LogP contribution in [0.5, 0.6) is 0 Å². The number of carbonyl (C=O) groups is 1. The normalized spacial score (nSPS) is 16.9. The van der Waals surface area contributed by atoms with E-state index in [0.717, 1.165) is 0 Å². The van der Waals surface area contributed by atoms with Crippen LogP contribution in [-0.2, 0) is 4.79 Å². The number of aromatic nitrogens is 3. The van der Waals surface area contributed by atoms with E-state index in [-0.39, 0.29) is 17.3 Å². The zero-order valence-electron chi connectivity index (χ0n) is 15.4. The van der Waals surface area contributed by atoms with Gasteiger partial charge in [0.25, 0.3) is 0 Å². The largest absolute Gasteiger partial charge is 0.387 e. The number of halogens is 2. The molecule has 0 aliphatic rings. The molecule has 0 bridgehead atoms. The van der Waals surface area contributed by atoms with Crippen LogP contribution >= 0.6 is 23.2 Å². The Balaban J connectivity index is 1.85. The van der Waals surface area contributed by atoms with Crippen molar-refractivity contribution in [2.75, 3.05) is 5.73 Å². The summed E-state index contributed by atoms with van der Waals surface area (Å²) in [7, 11) is 0. The summed E-state index contributed by atoms with van der Waals surface area (Å²) in [5.74, 6) is -0.552. The average Bonchev–Trinajstić information content (AvgIpc) is 3.12. The second-order valence-electron chi connectivity index (χ2n) is 7.06. The molecule has 0 aliphatic heterocycles. The molecule has 0 radical (unpaired) electrons. The van der Waals surface area contributed by atoms with E-state index < -0.39 is 23.9 Å². The zero-order chi connectivity index (χ0) is 21.3. The lowest BCUT2D eigenvalue weighted by molar-refractivity contribution is -0.145. The minimum Gasteiger partial charge on any atom is -0.387 e. The highest BCUT2D eigenvalue weighted by Gasteiger charge is 2.39. The second kappa shape index (κ2) is 8.25. The Morgan fingerprint density at radius 1 is 1.24 bits per heavy atom. The highest BCUT2D eigenvalue weighted by atomic mass is 35.5. The van der Waals surface area contributed by atoms with Gasteiger partial charge in [-0.15, -0.1) is 0 Å². The van der Waals surface area contributed by atoms with Crippen molar-refractivity contribution >= 4 is 46.3 Å². The summed E-state index contributed by atoms with van der Waals surface area (Å²) in [6, 6.07) is 6.29. The number of aldehydes is 1. The number of carbonyl (C=O) groups excluding carboxylic acids is 1. The molecule has 4 atom stereocenters. The highest BCUT2D eigenvalue weighted by molar-refractivity contribution is 6.42. The van der Waals surface area contributed by atoms with Crippen LogP contribution in [0.3, 0.4) is 0 Å². The fourth-order valence-corrected chi connectivity index (χ4v) is 3.54. The molecule has 2 aromatic heterocycles. The topological polar surface area (TPSA) is 134 Å². The van der Waals surface area contributed by atoms with Crippen LogP contribution < -0.4 is 5.73 Å². The van der Waals surface area contributed by atoms with Crippen molar-refractivity contribution in [3.63, 3.8) is 0 Å². The summed E-state index contributed by atoms with van der Waals surface area (Å²) in [5.41, 5.74) is 4.79. The molecule has 154 valence electrons. The molecule has 3 aromatic rings. The Morgan fingerprint density at radius 3 is 2.62 bits per heavy atom. The molecule has 1 unspecified atom stereocenters. The number of hydrogen-bond donors (Lipinski definition) is 4. The summed E-state index contributed by atoms with van der Waals surface area (Å²) in [4.78, 5) is 19.6. The van der Waals surface area contributed by atoms with Gasteiger partial charge in [0.05, 0.1) is 21.0 Å². The maximum atomic E-state index is 11.6. The van der Waals surface area contributed by atoms with Crippen molar-refractivity contribution in [3.8, 4) is 0 Å². The number of aliphatic hydroxyl groups excluding tert-OH is 2. The van der Waals surface area contributed by atoms with Gasteiger partial charge in [0.15, 0.2) is 6.23 Å². The summed E-state index contributed by atoms with van der Waals surface area (Å²) in [6.45, 7) is 1.34. The number of fused-ring (bicyclic) bond motifs is 1. The van der Waals surface area contributed by atoms with Gasteiger partial charge in [0, 0.05) is 12.1 Å². The summed E-state index contributed by atoms with van der Waals surface area (Å²) in [5, 5.41) is 33.3. The monoisotopic (exact) mass is 438 g/mol. The number of hydrogen-bond acceptors (Lipinski definition) is 7. The third-order valence-electron chi connectivity index (χ3n) is 4.91. The maximum absolute atomic E-state index is 11.6. The summed E-state index contributed by atoms with van der Waals surface area (Å²) in [6.07, 6.45) is 0.0146. The van der Waals surface area contributed by atoms with Crippen LogP contribution in [0.2, 0.25) is 10.0 Å². The molecule has 0 saturated carbocycles. The molecule has 5 N–H and O–H groups in total. The Kier molecular flexibility index (Phi) is 6.11. The Morgan fingerprint density at radius 2 is 1.97 bits per heavy atom. The predicted molar refractivity (Wildman–Crippen MR) is 110 cm³/mol. The smallest absolute Gasteiger partial charge is 0.160 e. The minimum atomic E-state index is -1.83. The van der Waals surface area contributed by atoms with E-state index in [1.165, 1.54) is 30.1 Å². The first-order valence-electron chi connectivity index (χ1n) is 8.71. The molecule has 0 saturated heterocycles. The van der Waals surface area contributed by atoms with Crippen LogP contribution in [0, 0.1) is 0 Å². The SMILES string of the molecule is CC(O)(C[C@H](C=O)c1ccc(Cl)c(Cl)c1)[C@@H](O)[C@@H](O)n1ccc2c(N)ncnc21. The van der Waals surface area contributed by atoms with E-state index in [9.17, 15) is 20.1 Å². The van der Waals surface area contributed by atoms with E-state index in [2.05, 4.69) is 9.97 Å². The number of nitrogens with zero attached hydrogens (tertiary/aromatic N) is 3. The fourth-order valence-electron chi connectivity index (χ4n) is 3.23. The van der Waals surface area contributed by atoms with Gasteiger partial charge >= 0.3 is 0 Å². The molecule has 2 heterocycles. The van der Waals surface area contributed by atoms with E-state index in [1.807, 2.05) is 0 Å². The van der Waals surface area contributed by atoms with E-state index in [0.29, 0.717) is 27.9 Å². The van der Waals surface area contributed by atoms with Crippen molar-refractivity contribution in [1.29, 1.82) is 0 Å². The molecule has 0 amide bonds. The molecule has 1 aromatic carbocycles. The first kappa shape index (κ1) is 21.5. The lowest BCUT2D eigenvalue weighted by Crippen LogP contribution is -2.46. The van der Waals surface area contributed by atoms with Crippen LogP contribution in [0.4, 0.5) is 5.82 Å². The third-order valence-corrected chi connectivity index (χ3v) is 5.65. The molecular formula is C19H20Cl2N4O4. The van der Waals surface area contributed by atoms with Gasteiger partial charge in [-0.25, -0.2) is 9.97 Å². The highest BCUT2D eigenvalue weighted by Crippen LogP contribution is 2.34. The van der Waals surface area contributed by atoms with E-state index in [1.54, 1.807) is 18.2 Å². The van der Waals surface area contributed by atoms with E-state index >= 15 is 0 Å². The Hall–Kier alpha value is -2.23. The summed E-state index contributed by atoms with van der Waals surface area (Å²) < 4.78 is 1.28. The van der Waals surface area contributed by atoms with Crippen molar-refractivity contribution in [2.45, 2.75) is 37.2 Å². The lowest BCUT2D eigenvalue weighted by Gasteiger charge is -2.34. The van der Waals surface area contributed by atoms with Crippen LogP contribution in [-0.4, -0.2) is 47.8 Å². The molecule has 0 fully saturated rings. The minimum absolute atomic E-state index is 0.164. The molecule has 0 spiro atoms. The lowest BCUT2D eigenvalue weighted by atomic mass is 9.84. The van der Waals surface area contributed by atoms with Crippen molar-refractivity contribution < 1.29 is 20.1 Å². The molecule has 3 rings (SSSR count). The van der Waals surface area contributed by atoms with Crippen molar-refractivity contribution in [1.82, 2.24) is 14.5 Å². The quantitative estimate of drug-likeness (QED) is 0.415. The molecular weight excluding hydrogens is 419 g/mol. The van der Waals surface area contributed by atoms with Gasteiger partial charge < -0.3 is 30.4 Å². The average molecular weight is 439 g/mol. The number of benzene rings is 1. The standard InChI is InChI=1S/C19H20Cl2N4O4/c1-19(29,7-11(8-26)10-2-3-13(20)14(21)6-10)15(27)18(28)25-5-4-12-16(22)23-9-24-17(12)25/h2-6,8-9,11,15,18,27-29H,7H2,1H3,(H2,22,23,24)/t11-,15+,18-,19?/m1/s1. The second-order valence-corrected chi connectivity index (χ2v) is 7.87. The summed E-state index contributed by atoms with van der Waals surface area (Å²) >= 11 is 11.9. The van der Waals surface area contributed by atoms with Crippen molar-refractivity contribution in [2.24, 2.45) is 0 Å². The molecule has 0 aliphatic carbocycles. The zero-order valence-corrected chi connectivity index (χ0v) is 16.9. The first-order valence-corrected chi connectivity index (χ1v) is 9.47. The third kappa shape index (κ3) is 4.22. The van der Waals surface area contributed by atoms with Gasteiger partial charge in [-0.2, -0.15) is 0 Å². The predicted octanol–water partition coefficient (Wildman–Crippen LogP) is 2.30.